The molecule has 1 aromatic carbocycles. The van der Waals surface area contributed by atoms with Gasteiger partial charge in [-0.15, -0.1) is 0 Å². The van der Waals surface area contributed by atoms with E-state index in [1.165, 1.54) is 11.8 Å². The molecule has 0 unspecified atom stereocenters. The Labute approximate surface area is 126 Å². The third-order valence-electron chi connectivity index (χ3n) is 3.15. The Morgan fingerprint density at radius 2 is 2.05 bits per heavy atom. The van der Waals surface area contributed by atoms with Crippen LogP contribution < -0.4 is 15.0 Å². The first kappa shape index (κ1) is 17.0. The molecule has 0 aliphatic carbocycles. The molecule has 0 aliphatic rings. The number of ether oxygens (including phenoxy) is 1. The molecule has 21 heavy (non-hydrogen) atoms. The monoisotopic (exact) mass is 292 g/mol. The van der Waals surface area contributed by atoms with E-state index in [0.717, 1.165) is 19.3 Å². The zero-order chi connectivity index (χ0) is 15.7. The number of unbranched alkanes of at least 4 members (excludes halogenated alkanes) is 2. The molecular weight excluding hydrogens is 268 g/mol. The minimum absolute atomic E-state index is 0.0224. The van der Waals surface area contributed by atoms with Crippen molar-refractivity contribution in [2.24, 2.45) is 0 Å². The van der Waals surface area contributed by atoms with Gasteiger partial charge in [0.25, 0.3) is 0 Å². The molecule has 1 N–H and O–H groups in total. The van der Waals surface area contributed by atoms with Gasteiger partial charge in [-0.1, -0.05) is 25.8 Å². The van der Waals surface area contributed by atoms with Crippen molar-refractivity contribution in [2.45, 2.75) is 33.1 Å². The molecule has 0 heterocycles. The minimum atomic E-state index is -0.174. The zero-order valence-corrected chi connectivity index (χ0v) is 13.0. The van der Waals surface area contributed by atoms with E-state index in [1.54, 1.807) is 31.4 Å². The summed E-state index contributed by atoms with van der Waals surface area (Å²) < 4.78 is 5.14. The predicted octanol–water partition coefficient (Wildman–Crippen LogP) is 2.35. The summed E-state index contributed by atoms with van der Waals surface area (Å²) in [5, 5.41) is 2.84. The van der Waals surface area contributed by atoms with Crippen LogP contribution in [-0.2, 0) is 9.59 Å². The lowest BCUT2D eigenvalue weighted by atomic mass is 10.2. The second-order valence-electron chi connectivity index (χ2n) is 4.86. The highest BCUT2D eigenvalue weighted by atomic mass is 16.5. The molecule has 0 spiro atoms. The van der Waals surface area contributed by atoms with Crippen LogP contribution in [-0.4, -0.2) is 32.0 Å². The summed E-state index contributed by atoms with van der Waals surface area (Å²) in [6.45, 7) is 4.23. The molecule has 2 amide bonds. The fourth-order valence-electron chi connectivity index (χ4n) is 1.97. The molecule has 0 radical (unpaired) electrons. The molecule has 0 bridgehead atoms. The topological polar surface area (TPSA) is 58.6 Å². The lowest BCUT2D eigenvalue weighted by Crippen LogP contribution is -2.40. The summed E-state index contributed by atoms with van der Waals surface area (Å²) >= 11 is 0. The van der Waals surface area contributed by atoms with E-state index in [4.69, 9.17) is 4.74 Å². The molecule has 1 aromatic rings. The van der Waals surface area contributed by atoms with Crippen molar-refractivity contribution in [2.75, 3.05) is 25.1 Å². The van der Waals surface area contributed by atoms with Crippen LogP contribution in [0.25, 0.3) is 0 Å². The SMILES string of the molecule is CCCCCNC(=O)CN(C(C)=O)c1cccc(OC)c1. The average molecular weight is 292 g/mol. The molecular formula is C16H24N2O3. The highest BCUT2D eigenvalue weighted by molar-refractivity contribution is 5.97. The van der Waals surface area contributed by atoms with Crippen molar-refractivity contribution >= 4 is 17.5 Å². The molecule has 116 valence electrons. The van der Waals surface area contributed by atoms with Crippen LogP contribution in [0.3, 0.4) is 0 Å². The summed E-state index contributed by atoms with van der Waals surface area (Å²) in [5.74, 6) is 0.332. The number of benzene rings is 1. The molecule has 5 heteroatoms. The van der Waals surface area contributed by atoms with E-state index in [-0.39, 0.29) is 18.4 Å². The fourth-order valence-corrected chi connectivity index (χ4v) is 1.97. The van der Waals surface area contributed by atoms with Crippen molar-refractivity contribution in [1.29, 1.82) is 0 Å². The van der Waals surface area contributed by atoms with Crippen LogP contribution in [0.4, 0.5) is 5.69 Å². The number of hydrogen-bond acceptors (Lipinski definition) is 3. The average Bonchev–Trinajstić information content (AvgIpc) is 2.49. The molecule has 0 saturated carbocycles. The maximum Gasteiger partial charge on any atom is 0.240 e. The third-order valence-corrected chi connectivity index (χ3v) is 3.15. The second-order valence-corrected chi connectivity index (χ2v) is 4.86. The van der Waals surface area contributed by atoms with Gasteiger partial charge in [-0.05, 0) is 18.6 Å². The van der Waals surface area contributed by atoms with E-state index in [1.807, 2.05) is 0 Å². The van der Waals surface area contributed by atoms with Crippen LogP contribution in [0.1, 0.15) is 33.1 Å². The summed E-state index contributed by atoms with van der Waals surface area (Å²) in [6.07, 6.45) is 3.16. The van der Waals surface area contributed by atoms with Gasteiger partial charge in [-0.2, -0.15) is 0 Å². The Morgan fingerprint density at radius 1 is 1.29 bits per heavy atom. The number of hydrogen-bond donors (Lipinski definition) is 1. The van der Waals surface area contributed by atoms with Crippen LogP contribution >= 0.6 is 0 Å². The highest BCUT2D eigenvalue weighted by Gasteiger charge is 2.15. The van der Waals surface area contributed by atoms with Crippen molar-refractivity contribution in [3.63, 3.8) is 0 Å². The van der Waals surface area contributed by atoms with Crippen molar-refractivity contribution in [1.82, 2.24) is 5.32 Å². The number of carbonyl (C=O) groups excluding carboxylic acids is 2. The Morgan fingerprint density at radius 3 is 2.67 bits per heavy atom. The molecule has 5 nitrogen and oxygen atoms in total. The smallest absolute Gasteiger partial charge is 0.240 e. The standard InChI is InChI=1S/C16H24N2O3/c1-4-5-6-10-17-16(20)12-18(13(2)19)14-8-7-9-15(11-14)21-3/h7-9,11H,4-6,10,12H2,1-3H3,(H,17,20). The van der Waals surface area contributed by atoms with E-state index in [0.29, 0.717) is 18.0 Å². The maximum absolute atomic E-state index is 11.9. The lowest BCUT2D eigenvalue weighted by Gasteiger charge is -2.21. The Hall–Kier alpha value is -2.04. The summed E-state index contributed by atoms with van der Waals surface area (Å²) in [5.41, 5.74) is 0.658. The number of amides is 2. The van der Waals surface area contributed by atoms with Gasteiger partial charge in [0.15, 0.2) is 0 Å². The quantitative estimate of drug-likeness (QED) is 0.748. The van der Waals surface area contributed by atoms with E-state index in [2.05, 4.69) is 12.2 Å². The number of methoxy groups -OCH3 is 1. The van der Waals surface area contributed by atoms with E-state index in [9.17, 15) is 9.59 Å². The largest absolute Gasteiger partial charge is 0.497 e. The van der Waals surface area contributed by atoms with Gasteiger partial charge in [0.2, 0.25) is 11.8 Å². The van der Waals surface area contributed by atoms with E-state index < -0.39 is 0 Å². The molecule has 0 aromatic heterocycles. The van der Waals surface area contributed by atoms with Gasteiger partial charge in [0.05, 0.1) is 7.11 Å². The number of nitrogens with one attached hydrogen (secondary N) is 1. The Balaban J connectivity index is 2.65. The van der Waals surface area contributed by atoms with Gasteiger partial charge >= 0.3 is 0 Å². The van der Waals surface area contributed by atoms with Crippen molar-refractivity contribution in [3.05, 3.63) is 24.3 Å². The van der Waals surface area contributed by atoms with Gasteiger partial charge in [0, 0.05) is 25.2 Å². The molecule has 0 saturated heterocycles. The first-order valence-corrected chi connectivity index (χ1v) is 7.27. The van der Waals surface area contributed by atoms with Gasteiger partial charge < -0.3 is 15.0 Å². The van der Waals surface area contributed by atoms with Crippen molar-refractivity contribution in [3.8, 4) is 5.75 Å². The summed E-state index contributed by atoms with van der Waals surface area (Å²) in [6, 6.07) is 7.12. The van der Waals surface area contributed by atoms with Crippen LogP contribution in [0, 0.1) is 0 Å². The first-order chi connectivity index (χ1) is 10.1. The second kappa shape index (κ2) is 9.00. The van der Waals surface area contributed by atoms with Gasteiger partial charge in [-0.25, -0.2) is 0 Å². The highest BCUT2D eigenvalue weighted by Crippen LogP contribution is 2.20. The molecule has 0 fully saturated rings. The number of nitrogens with zero attached hydrogens (tertiary/aromatic N) is 1. The van der Waals surface area contributed by atoms with Crippen LogP contribution in [0.5, 0.6) is 5.75 Å². The summed E-state index contributed by atoms with van der Waals surface area (Å²) in [7, 11) is 1.57. The van der Waals surface area contributed by atoms with Crippen LogP contribution in [0.15, 0.2) is 24.3 Å². The summed E-state index contributed by atoms with van der Waals surface area (Å²) in [4.78, 5) is 25.1. The number of rotatable bonds is 8. The molecule has 1 rings (SSSR count). The molecule has 0 atom stereocenters. The molecule has 0 aliphatic heterocycles. The maximum atomic E-state index is 11.9. The van der Waals surface area contributed by atoms with Gasteiger partial charge in [0.1, 0.15) is 12.3 Å². The Kier molecular flexibility index (Phi) is 7.29. The number of anilines is 1. The van der Waals surface area contributed by atoms with Gasteiger partial charge in [-0.3, -0.25) is 9.59 Å². The first-order valence-electron chi connectivity index (χ1n) is 7.27. The Bertz CT molecular complexity index is 474. The van der Waals surface area contributed by atoms with Crippen LogP contribution in [0.2, 0.25) is 0 Å². The fraction of sp³-hybridized carbons (Fsp3) is 0.500. The third kappa shape index (κ3) is 5.85. The lowest BCUT2D eigenvalue weighted by molar-refractivity contribution is -0.123. The minimum Gasteiger partial charge on any atom is -0.497 e. The predicted molar refractivity (Wildman–Crippen MR) is 83.6 cm³/mol. The van der Waals surface area contributed by atoms with E-state index >= 15 is 0 Å². The normalized spacial score (nSPS) is 10.0. The van der Waals surface area contributed by atoms with Crippen molar-refractivity contribution < 1.29 is 14.3 Å². The number of carbonyl (C=O) groups is 2. The zero-order valence-electron chi connectivity index (χ0n) is 13.0.